The normalized spacial score (nSPS) is 10.3. The van der Waals surface area contributed by atoms with E-state index in [0.29, 0.717) is 11.3 Å². The van der Waals surface area contributed by atoms with Gasteiger partial charge in [-0.25, -0.2) is 0 Å². The number of rotatable bonds is 2. The highest BCUT2D eigenvalue weighted by Gasteiger charge is 2.16. The second-order valence-electron chi connectivity index (χ2n) is 4.62. The van der Waals surface area contributed by atoms with Crippen molar-refractivity contribution in [3.05, 3.63) is 53.3 Å². The van der Waals surface area contributed by atoms with Gasteiger partial charge in [0.15, 0.2) is 0 Å². The molecule has 0 atom stereocenters. The molecule has 0 saturated carbocycles. The zero-order valence-electron chi connectivity index (χ0n) is 11.3. The van der Waals surface area contributed by atoms with Crippen molar-refractivity contribution >= 4 is 17.3 Å². The first-order chi connectivity index (χ1) is 8.99. The van der Waals surface area contributed by atoms with Gasteiger partial charge in [0.05, 0.1) is 5.56 Å². The van der Waals surface area contributed by atoms with Crippen molar-refractivity contribution in [2.45, 2.75) is 13.8 Å². The fourth-order valence-electron chi connectivity index (χ4n) is 1.89. The molecule has 0 aliphatic rings. The van der Waals surface area contributed by atoms with E-state index in [1.54, 1.807) is 18.0 Å². The molecule has 1 amide bonds. The molecule has 0 aliphatic heterocycles. The standard InChI is InChI=1S/C15H17N3O/c1-10-5-4-6-12(7-10)18(3)15(19)13-9-17-11(2)8-14(13)16/h4-9H,1-3H3,(H2,16,17). The van der Waals surface area contributed by atoms with Crippen molar-refractivity contribution in [2.24, 2.45) is 0 Å². The smallest absolute Gasteiger partial charge is 0.261 e. The summed E-state index contributed by atoms with van der Waals surface area (Å²) in [4.78, 5) is 18.1. The van der Waals surface area contributed by atoms with E-state index in [0.717, 1.165) is 16.9 Å². The Morgan fingerprint density at radius 2 is 2.00 bits per heavy atom. The molecule has 19 heavy (non-hydrogen) atoms. The summed E-state index contributed by atoms with van der Waals surface area (Å²) in [6.07, 6.45) is 1.53. The molecule has 0 aliphatic carbocycles. The summed E-state index contributed by atoms with van der Waals surface area (Å²) in [6, 6.07) is 9.46. The minimum absolute atomic E-state index is 0.157. The number of nitrogens with zero attached hydrogens (tertiary/aromatic N) is 2. The molecule has 4 nitrogen and oxygen atoms in total. The molecular formula is C15H17N3O. The van der Waals surface area contributed by atoms with E-state index in [4.69, 9.17) is 5.73 Å². The number of pyridine rings is 1. The number of anilines is 2. The number of amides is 1. The molecule has 2 rings (SSSR count). The summed E-state index contributed by atoms with van der Waals surface area (Å²) < 4.78 is 0. The fourth-order valence-corrected chi connectivity index (χ4v) is 1.89. The number of aryl methyl sites for hydroxylation is 2. The predicted molar refractivity (Wildman–Crippen MR) is 77.3 cm³/mol. The van der Waals surface area contributed by atoms with Crippen LogP contribution in [-0.4, -0.2) is 17.9 Å². The lowest BCUT2D eigenvalue weighted by molar-refractivity contribution is 0.0993. The zero-order valence-corrected chi connectivity index (χ0v) is 11.3. The summed E-state index contributed by atoms with van der Waals surface area (Å²) in [5, 5.41) is 0. The summed E-state index contributed by atoms with van der Waals surface area (Å²) in [5.41, 5.74) is 9.50. The van der Waals surface area contributed by atoms with Gasteiger partial charge in [0.2, 0.25) is 0 Å². The quantitative estimate of drug-likeness (QED) is 0.897. The molecule has 0 spiro atoms. The third kappa shape index (κ3) is 2.73. The number of nitrogen functional groups attached to an aromatic ring is 1. The van der Waals surface area contributed by atoms with Gasteiger partial charge in [-0.15, -0.1) is 0 Å². The van der Waals surface area contributed by atoms with Gasteiger partial charge in [0.25, 0.3) is 5.91 Å². The number of benzene rings is 1. The summed E-state index contributed by atoms with van der Waals surface area (Å²) >= 11 is 0. The molecule has 1 aromatic heterocycles. The van der Waals surface area contributed by atoms with E-state index in [2.05, 4.69) is 4.98 Å². The Morgan fingerprint density at radius 1 is 1.26 bits per heavy atom. The Balaban J connectivity index is 2.33. The number of hydrogen-bond acceptors (Lipinski definition) is 3. The Bertz CT molecular complexity index is 623. The van der Waals surface area contributed by atoms with Crippen molar-refractivity contribution < 1.29 is 4.79 Å². The lowest BCUT2D eigenvalue weighted by Gasteiger charge is -2.18. The van der Waals surface area contributed by atoms with Crippen LogP contribution in [0.25, 0.3) is 0 Å². The lowest BCUT2D eigenvalue weighted by Crippen LogP contribution is -2.27. The van der Waals surface area contributed by atoms with Gasteiger partial charge in [0.1, 0.15) is 0 Å². The SMILES string of the molecule is Cc1cccc(N(C)C(=O)c2cnc(C)cc2N)c1. The van der Waals surface area contributed by atoms with E-state index < -0.39 is 0 Å². The maximum atomic E-state index is 12.4. The number of carbonyl (C=O) groups is 1. The van der Waals surface area contributed by atoms with E-state index in [1.165, 1.54) is 6.20 Å². The van der Waals surface area contributed by atoms with Crippen molar-refractivity contribution in [3.8, 4) is 0 Å². The molecule has 0 radical (unpaired) electrons. The van der Waals surface area contributed by atoms with Gasteiger partial charge in [-0.2, -0.15) is 0 Å². The Morgan fingerprint density at radius 3 is 2.63 bits per heavy atom. The highest BCUT2D eigenvalue weighted by Crippen LogP contribution is 2.19. The van der Waals surface area contributed by atoms with Gasteiger partial charge in [-0.3, -0.25) is 9.78 Å². The van der Waals surface area contributed by atoms with E-state index in [9.17, 15) is 4.79 Å². The lowest BCUT2D eigenvalue weighted by atomic mass is 10.1. The van der Waals surface area contributed by atoms with Crippen molar-refractivity contribution in [1.82, 2.24) is 4.98 Å². The van der Waals surface area contributed by atoms with Crippen LogP contribution in [0.3, 0.4) is 0 Å². The van der Waals surface area contributed by atoms with Crippen LogP contribution < -0.4 is 10.6 Å². The molecule has 0 bridgehead atoms. The van der Waals surface area contributed by atoms with Crippen LogP contribution in [0.2, 0.25) is 0 Å². The molecule has 0 unspecified atom stereocenters. The minimum Gasteiger partial charge on any atom is -0.398 e. The van der Waals surface area contributed by atoms with E-state index in [1.807, 2.05) is 38.1 Å². The number of hydrogen-bond donors (Lipinski definition) is 1. The molecular weight excluding hydrogens is 238 g/mol. The van der Waals surface area contributed by atoms with E-state index in [-0.39, 0.29) is 5.91 Å². The summed E-state index contributed by atoms with van der Waals surface area (Å²) in [7, 11) is 1.73. The first kappa shape index (κ1) is 13.1. The largest absolute Gasteiger partial charge is 0.398 e. The molecule has 1 heterocycles. The van der Waals surface area contributed by atoms with Crippen LogP contribution in [0, 0.1) is 13.8 Å². The van der Waals surface area contributed by atoms with Crippen LogP contribution in [0.15, 0.2) is 36.5 Å². The topological polar surface area (TPSA) is 59.2 Å². The van der Waals surface area contributed by atoms with Crippen LogP contribution in [0.1, 0.15) is 21.6 Å². The molecule has 0 fully saturated rings. The van der Waals surface area contributed by atoms with Crippen LogP contribution in [0.5, 0.6) is 0 Å². The maximum Gasteiger partial charge on any atom is 0.261 e. The summed E-state index contributed by atoms with van der Waals surface area (Å²) in [5.74, 6) is -0.157. The molecule has 0 saturated heterocycles. The predicted octanol–water partition coefficient (Wildman–Crippen LogP) is 2.56. The monoisotopic (exact) mass is 255 g/mol. The van der Waals surface area contributed by atoms with Crippen LogP contribution >= 0.6 is 0 Å². The van der Waals surface area contributed by atoms with E-state index >= 15 is 0 Å². The molecule has 4 heteroatoms. The average Bonchev–Trinajstić information content (AvgIpc) is 2.37. The highest BCUT2D eigenvalue weighted by atomic mass is 16.2. The number of nitrogens with two attached hydrogens (primary N) is 1. The molecule has 2 aromatic rings. The van der Waals surface area contributed by atoms with Gasteiger partial charge in [0, 0.05) is 30.3 Å². The van der Waals surface area contributed by atoms with Gasteiger partial charge < -0.3 is 10.6 Å². The molecule has 1 aromatic carbocycles. The van der Waals surface area contributed by atoms with Crippen molar-refractivity contribution in [2.75, 3.05) is 17.7 Å². The molecule has 2 N–H and O–H groups in total. The Labute approximate surface area is 112 Å². The first-order valence-corrected chi connectivity index (χ1v) is 6.06. The van der Waals surface area contributed by atoms with Gasteiger partial charge in [-0.05, 0) is 37.6 Å². The molecule has 98 valence electrons. The average molecular weight is 255 g/mol. The third-order valence-corrected chi connectivity index (χ3v) is 3.00. The van der Waals surface area contributed by atoms with Crippen molar-refractivity contribution in [3.63, 3.8) is 0 Å². The second-order valence-corrected chi connectivity index (χ2v) is 4.62. The second kappa shape index (κ2) is 5.10. The van der Waals surface area contributed by atoms with Crippen LogP contribution in [0.4, 0.5) is 11.4 Å². The maximum absolute atomic E-state index is 12.4. The minimum atomic E-state index is -0.157. The van der Waals surface area contributed by atoms with Gasteiger partial charge in [-0.1, -0.05) is 12.1 Å². The zero-order chi connectivity index (χ0) is 14.0. The fraction of sp³-hybridized carbons (Fsp3) is 0.200. The number of carbonyl (C=O) groups excluding carboxylic acids is 1. The van der Waals surface area contributed by atoms with Crippen LogP contribution in [-0.2, 0) is 0 Å². The third-order valence-electron chi connectivity index (χ3n) is 3.00. The Kier molecular flexibility index (Phi) is 3.51. The van der Waals surface area contributed by atoms with Gasteiger partial charge >= 0.3 is 0 Å². The first-order valence-electron chi connectivity index (χ1n) is 6.06. The highest BCUT2D eigenvalue weighted by molar-refractivity contribution is 6.08. The summed E-state index contributed by atoms with van der Waals surface area (Å²) in [6.45, 7) is 3.83. The van der Waals surface area contributed by atoms with Crippen molar-refractivity contribution in [1.29, 1.82) is 0 Å². The number of aromatic nitrogens is 1. The Hall–Kier alpha value is -2.36.